The van der Waals surface area contributed by atoms with Crippen LogP contribution in [0.1, 0.15) is 35.8 Å². The van der Waals surface area contributed by atoms with E-state index < -0.39 is 0 Å². The molecule has 3 N–H and O–H groups in total. The average Bonchev–Trinajstić information content (AvgIpc) is 3.42. The first-order valence-electron chi connectivity index (χ1n) is 10.3. The van der Waals surface area contributed by atoms with Crippen LogP contribution in [0.4, 0.5) is 0 Å². The monoisotopic (exact) mass is 380 g/mol. The molecule has 5 rings (SSSR count). The Labute approximate surface area is 165 Å². The van der Waals surface area contributed by atoms with Crippen LogP contribution < -0.4 is 10.9 Å². The van der Waals surface area contributed by atoms with Crippen molar-refractivity contribution in [3.63, 3.8) is 0 Å². The molecule has 3 aliphatic heterocycles. The minimum absolute atomic E-state index is 0.0277. The summed E-state index contributed by atoms with van der Waals surface area (Å²) < 4.78 is 0. The SMILES string of the molecule is CN1CCc2[nH]cnc2C12CCN(C(=O)C1CNNC1c1ccccc1)CC2. The molecule has 7 heteroatoms. The summed E-state index contributed by atoms with van der Waals surface area (Å²) in [5.74, 6) is 0.184. The van der Waals surface area contributed by atoms with Crippen LogP contribution in [0, 0.1) is 5.92 Å². The van der Waals surface area contributed by atoms with Crippen molar-refractivity contribution in [3.05, 3.63) is 53.6 Å². The number of nitrogens with zero attached hydrogens (tertiary/aromatic N) is 3. The summed E-state index contributed by atoms with van der Waals surface area (Å²) in [5.41, 5.74) is 10.1. The van der Waals surface area contributed by atoms with Crippen molar-refractivity contribution in [2.24, 2.45) is 5.92 Å². The predicted octanol–water partition coefficient (Wildman–Crippen LogP) is 1.18. The van der Waals surface area contributed by atoms with Gasteiger partial charge < -0.3 is 9.88 Å². The number of aromatic nitrogens is 2. The van der Waals surface area contributed by atoms with Gasteiger partial charge in [-0.3, -0.25) is 15.1 Å². The molecule has 7 nitrogen and oxygen atoms in total. The number of carbonyl (C=O) groups is 1. The highest BCUT2D eigenvalue weighted by Crippen LogP contribution is 2.41. The zero-order valence-electron chi connectivity index (χ0n) is 16.3. The number of nitrogens with one attached hydrogen (secondary N) is 3. The van der Waals surface area contributed by atoms with E-state index in [9.17, 15) is 4.79 Å². The van der Waals surface area contributed by atoms with E-state index in [4.69, 9.17) is 0 Å². The molecule has 4 heterocycles. The van der Waals surface area contributed by atoms with Crippen LogP contribution in [0.5, 0.6) is 0 Å². The third-order valence-corrected chi connectivity index (χ3v) is 6.95. The van der Waals surface area contributed by atoms with Gasteiger partial charge in [0, 0.05) is 38.3 Å². The van der Waals surface area contributed by atoms with Gasteiger partial charge in [0.15, 0.2) is 0 Å². The van der Waals surface area contributed by atoms with Gasteiger partial charge in [0.2, 0.25) is 5.91 Å². The maximum absolute atomic E-state index is 13.3. The molecular weight excluding hydrogens is 352 g/mol. The number of rotatable bonds is 2. The molecule has 2 saturated heterocycles. The van der Waals surface area contributed by atoms with Crippen LogP contribution >= 0.6 is 0 Å². The van der Waals surface area contributed by atoms with E-state index in [0.717, 1.165) is 44.5 Å². The molecular formula is C21H28N6O. The van der Waals surface area contributed by atoms with E-state index in [1.807, 2.05) is 24.5 Å². The lowest BCUT2D eigenvalue weighted by atomic mass is 9.79. The van der Waals surface area contributed by atoms with Crippen LogP contribution in [0.3, 0.4) is 0 Å². The topological polar surface area (TPSA) is 76.3 Å². The number of H-pyrrole nitrogens is 1. The fraction of sp³-hybridized carbons (Fsp3) is 0.524. The van der Waals surface area contributed by atoms with Gasteiger partial charge in [0.25, 0.3) is 0 Å². The summed E-state index contributed by atoms with van der Waals surface area (Å²) in [6.45, 7) is 3.28. The zero-order valence-corrected chi connectivity index (χ0v) is 16.3. The van der Waals surface area contributed by atoms with Crippen LogP contribution in [0.15, 0.2) is 36.7 Å². The summed E-state index contributed by atoms with van der Waals surface area (Å²) >= 11 is 0. The molecule has 28 heavy (non-hydrogen) atoms. The van der Waals surface area contributed by atoms with Crippen molar-refractivity contribution in [1.82, 2.24) is 30.6 Å². The minimum Gasteiger partial charge on any atom is -0.348 e. The molecule has 1 amide bonds. The maximum atomic E-state index is 13.3. The molecule has 2 fully saturated rings. The van der Waals surface area contributed by atoms with Crippen LogP contribution in [0.25, 0.3) is 0 Å². The first-order chi connectivity index (χ1) is 13.7. The first-order valence-corrected chi connectivity index (χ1v) is 10.3. The number of benzene rings is 1. The van der Waals surface area contributed by atoms with Crippen molar-refractivity contribution in [2.45, 2.75) is 30.8 Å². The highest BCUT2D eigenvalue weighted by molar-refractivity contribution is 5.80. The number of fused-ring (bicyclic) bond motifs is 2. The van der Waals surface area contributed by atoms with Crippen LogP contribution in [-0.2, 0) is 16.8 Å². The Kier molecular flexibility index (Phi) is 4.45. The molecule has 2 atom stereocenters. The second-order valence-electron chi connectivity index (χ2n) is 8.28. The maximum Gasteiger partial charge on any atom is 0.229 e. The van der Waals surface area contributed by atoms with Gasteiger partial charge in [-0.15, -0.1) is 0 Å². The lowest BCUT2D eigenvalue weighted by Gasteiger charge is -2.49. The highest BCUT2D eigenvalue weighted by Gasteiger charge is 2.47. The standard InChI is InChI=1S/C21H28N6O/c1-26-10-7-17-19(23-14-22-17)21(26)8-11-27(12-9-21)20(28)16-13-24-25-18(16)15-5-3-2-4-6-15/h2-6,14,16,18,24-25H,7-13H2,1H3,(H,22,23). The second kappa shape index (κ2) is 6.99. The number of likely N-dealkylation sites (N-methyl/N-ethyl adjacent to an activating group) is 1. The Morgan fingerprint density at radius 3 is 2.75 bits per heavy atom. The van der Waals surface area contributed by atoms with E-state index >= 15 is 0 Å². The average molecular weight is 380 g/mol. The Bertz CT molecular complexity index is 842. The van der Waals surface area contributed by atoms with Gasteiger partial charge >= 0.3 is 0 Å². The number of likely N-dealkylation sites (tertiary alicyclic amines) is 1. The van der Waals surface area contributed by atoms with Crippen molar-refractivity contribution in [3.8, 4) is 0 Å². The molecule has 3 aliphatic rings. The fourth-order valence-electron chi connectivity index (χ4n) is 5.24. The summed E-state index contributed by atoms with van der Waals surface area (Å²) in [6, 6.07) is 10.3. The molecule has 1 aromatic carbocycles. The number of hydrogen-bond donors (Lipinski definition) is 3. The van der Waals surface area contributed by atoms with Crippen LogP contribution in [0.2, 0.25) is 0 Å². The smallest absolute Gasteiger partial charge is 0.229 e. The van der Waals surface area contributed by atoms with Crippen molar-refractivity contribution in [1.29, 1.82) is 0 Å². The van der Waals surface area contributed by atoms with Gasteiger partial charge in [0.1, 0.15) is 0 Å². The molecule has 0 aliphatic carbocycles. The van der Waals surface area contributed by atoms with E-state index in [1.54, 1.807) is 0 Å². The summed E-state index contributed by atoms with van der Waals surface area (Å²) in [6.07, 6.45) is 4.73. The Morgan fingerprint density at radius 2 is 1.96 bits per heavy atom. The van der Waals surface area contributed by atoms with Crippen molar-refractivity contribution >= 4 is 5.91 Å². The lowest BCUT2D eigenvalue weighted by Crippen LogP contribution is -2.56. The number of amides is 1. The quantitative estimate of drug-likeness (QED) is 0.730. The fourth-order valence-corrected chi connectivity index (χ4v) is 5.24. The number of hydrazine groups is 1. The number of imidazole rings is 1. The minimum atomic E-state index is -0.0681. The van der Waals surface area contributed by atoms with E-state index in [1.165, 1.54) is 11.4 Å². The van der Waals surface area contributed by atoms with Gasteiger partial charge in [-0.2, -0.15) is 0 Å². The highest BCUT2D eigenvalue weighted by atomic mass is 16.2. The summed E-state index contributed by atoms with van der Waals surface area (Å²) in [5, 5.41) is 0. The van der Waals surface area contributed by atoms with E-state index in [-0.39, 0.29) is 23.4 Å². The molecule has 0 bridgehead atoms. The number of piperidine rings is 1. The normalized spacial score (nSPS) is 27.1. The van der Waals surface area contributed by atoms with Gasteiger partial charge in [-0.1, -0.05) is 30.3 Å². The third kappa shape index (κ3) is 2.77. The first kappa shape index (κ1) is 17.8. The predicted molar refractivity (Wildman–Crippen MR) is 106 cm³/mol. The van der Waals surface area contributed by atoms with Gasteiger partial charge in [0.05, 0.1) is 29.5 Å². The van der Waals surface area contributed by atoms with E-state index in [0.29, 0.717) is 6.54 Å². The zero-order chi connectivity index (χ0) is 19.1. The lowest BCUT2D eigenvalue weighted by molar-refractivity contribution is -0.138. The molecule has 0 radical (unpaired) electrons. The third-order valence-electron chi connectivity index (χ3n) is 6.95. The summed E-state index contributed by atoms with van der Waals surface area (Å²) in [7, 11) is 2.20. The number of aromatic amines is 1. The second-order valence-corrected chi connectivity index (χ2v) is 8.28. The van der Waals surface area contributed by atoms with Crippen LogP contribution in [-0.4, -0.2) is 58.9 Å². The molecule has 148 valence electrons. The largest absolute Gasteiger partial charge is 0.348 e. The molecule has 1 spiro atoms. The van der Waals surface area contributed by atoms with Crippen molar-refractivity contribution < 1.29 is 4.79 Å². The number of hydrogen-bond acceptors (Lipinski definition) is 5. The molecule has 1 aromatic heterocycles. The van der Waals surface area contributed by atoms with E-state index in [2.05, 4.69) is 49.8 Å². The van der Waals surface area contributed by atoms with Gasteiger partial charge in [-0.25, -0.2) is 10.4 Å². The summed E-state index contributed by atoms with van der Waals surface area (Å²) in [4.78, 5) is 25.8. The van der Waals surface area contributed by atoms with Gasteiger partial charge in [-0.05, 0) is 25.5 Å². The Hall–Kier alpha value is -2.22. The Morgan fingerprint density at radius 1 is 1.18 bits per heavy atom. The molecule has 2 unspecified atom stereocenters. The Balaban J connectivity index is 1.32. The number of carbonyl (C=O) groups excluding carboxylic acids is 1. The molecule has 0 saturated carbocycles. The van der Waals surface area contributed by atoms with Crippen molar-refractivity contribution in [2.75, 3.05) is 33.2 Å². The molecule has 2 aromatic rings.